The highest BCUT2D eigenvalue weighted by atomic mass is 35.5. The third-order valence-corrected chi connectivity index (χ3v) is 6.69. The molecule has 0 aromatic heterocycles. The van der Waals surface area contributed by atoms with Crippen LogP contribution in [0.25, 0.3) is 0 Å². The minimum absolute atomic E-state index is 0.00883. The van der Waals surface area contributed by atoms with E-state index in [9.17, 15) is 18.0 Å². The average molecular weight is 442 g/mol. The summed E-state index contributed by atoms with van der Waals surface area (Å²) >= 11 is 11.8. The third-order valence-electron chi connectivity index (χ3n) is 4.11. The maximum absolute atomic E-state index is 12.7. The lowest BCUT2D eigenvalue weighted by atomic mass is 10.1. The van der Waals surface area contributed by atoms with E-state index < -0.39 is 10.0 Å². The van der Waals surface area contributed by atoms with Gasteiger partial charge < -0.3 is 10.6 Å². The van der Waals surface area contributed by atoms with Crippen LogP contribution in [0.4, 0.5) is 5.69 Å². The fourth-order valence-electron chi connectivity index (χ4n) is 2.74. The monoisotopic (exact) mass is 441 g/mol. The van der Waals surface area contributed by atoms with Gasteiger partial charge in [-0.3, -0.25) is 9.59 Å². The smallest absolute Gasteiger partial charge is 0.243 e. The Labute approximate surface area is 172 Å². The van der Waals surface area contributed by atoms with Crippen LogP contribution < -0.4 is 10.6 Å². The summed E-state index contributed by atoms with van der Waals surface area (Å²) in [7, 11) is -3.83. The number of benzene rings is 2. The summed E-state index contributed by atoms with van der Waals surface area (Å²) in [5, 5.41) is 6.01. The van der Waals surface area contributed by atoms with E-state index in [4.69, 9.17) is 23.2 Å². The third kappa shape index (κ3) is 4.82. The van der Waals surface area contributed by atoms with Crippen molar-refractivity contribution in [1.82, 2.24) is 9.62 Å². The van der Waals surface area contributed by atoms with Crippen LogP contribution in [0, 0.1) is 0 Å². The average Bonchev–Trinajstić information content (AvgIpc) is 2.65. The highest BCUT2D eigenvalue weighted by Crippen LogP contribution is 2.23. The second kappa shape index (κ2) is 8.48. The van der Waals surface area contributed by atoms with Crippen molar-refractivity contribution in [3.63, 3.8) is 0 Å². The molecule has 3 rings (SSSR count). The van der Waals surface area contributed by atoms with E-state index in [2.05, 4.69) is 10.6 Å². The molecule has 2 aromatic rings. The van der Waals surface area contributed by atoms with Gasteiger partial charge in [-0.05, 0) is 35.9 Å². The van der Waals surface area contributed by atoms with Crippen molar-refractivity contribution >= 4 is 50.7 Å². The molecule has 1 aliphatic heterocycles. The molecular formula is C18H17Cl2N3O4S. The van der Waals surface area contributed by atoms with Crippen molar-refractivity contribution in [2.24, 2.45) is 0 Å². The van der Waals surface area contributed by atoms with Crippen molar-refractivity contribution in [2.75, 3.05) is 25.0 Å². The van der Waals surface area contributed by atoms with Gasteiger partial charge in [-0.1, -0.05) is 35.3 Å². The first-order valence-corrected chi connectivity index (χ1v) is 10.6. The number of hydrogen-bond acceptors (Lipinski definition) is 4. The largest absolute Gasteiger partial charge is 0.354 e. The van der Waals surface area contributed by atoms with Crippen LogP contribution in [0.1, 0.15) is 5.56 Å². The molecule has 10 heteroatoms. The lowest BCUT2D eigenvalue weighted by Gasteiger charge is -2.26. The zero-order valence-electron chi connectivity index (χ0n) is 14.6. The van der Waals surface area contributed by atoms with Gasteiger partial charge in [-0.25, -0.2) is 8.42 Å². The molecule has 0 atom stereocenters. The van der Waals surface area contributed by atoms with E-state index in [-0.39, 0.29) is 42.8 Å². The normalized spacial score (nSPS) is 15.1. The van der Waals surface area contributed by atoms with Crippen molar-refractivity contribution in [1.29, 1.82) is 0 Å². The number of nitrogens with zero attached hydrogens (tertiary/aromatic N) is 1. The number of rotatable bonds is 5. The number of nitrogens with one attached hydrogen (secondary N) is 2. The lowest BCUT2D eigenvalue weighted by molar-refractivity contribution is -0.122. The van der Waals surface area contributed by atoms with Gasteiger partial charge in [-0.15, -0.1) is 0 Å². The predicted octanol–water partition coefficient (Wildman–Crippen LogP) is 2.30. The lowest BCUT2D eigenvalue weighted by Crippen LogP contribution is -2.49. The Hall–Kier alpha value is -2.13. The molecule has 1 saturated heterocycles. The summed E-state index contributed by atoms with van der Waals surface area (Å²) in [6, 6.07) is 10.8. The Morgan fingerprint density at radius 3 is 2.64 bits per heavy atom. The highest BCUT2D eigenvalue weighted by molar-refractivity contribution is 7.89. The molecule has 1 heterocycles. The van der Waals surface area contributed by atoms with Gasteiger partial charge in [0, 0.05) is 18.8 Å². The Morgan fingerprint density at radius 1 is 1.14 bits per heavy atom. The van der Waals surface area contributed by atoms with Gasteiger partial charge in [0.2, 0.25) is 21.8 Å². The van der Waals surface area contributed by atoms with E-state index in [0.717, 1.165) is 4.31 Å². The summed E-state index contributed by atoms with van der Waals surface area (Å²) in [6.45, 7) is 0.233. The SMILES string of the molecule is O=C1CN(S(=O)(=O)c2cccc(NC(=O)Cc3ccc(Cl)c(Cl)c3)c2)CCN1. The Balaban J connectivity index is 1.73. The molecule has 2 aromatic carbocycles. The van der Waals surface area contributed by atoms with Crippen LogP contribution in [-0.4, -0.2) is 44.2 Å². The number of carbonyl (C=O) groups excluding carboxylic acids is 2. The number of carbonyl (C=O) groups is 2. The molecule has 148 valence electrons. The second-order valence-electron chi connectivity index (χ2n) is 6.19. The number of amides is 2. The molecule has 28 heavy (non-hydrogen) atoms. The van der Waals surface area contributed by atoms with Crippen LogP contribution in [0.2, 0.25) is 10.0 Å². The predicted molar refractivity (Wildman–Crippen MR) is 107 cm³/mol. The molecule has 1 aliphatic rings. The molecule has 0 radical (unpaired) electrons. The van der Waals surface area contributed by atoms with E-state index in [1.807, 2.05) is 0 Å². The minimum Gasteiger partial charge on any atom is -0.354 e. The van der Waals surface area contributed by atoms with Crippen molar-refractivity contribution in [3.05, 3.63) is 58.1 Å². The number of sulfonamides is 1. The Kier molecular flexibility index (Phi) is 6.24. The molecule has 1 fully saturated rings. The summed E-state index contributed by atoms with van der Waals surface area (Å²) < 4.78 is 26.6. The molecular weight excluding hydrogens is 425 g/mol. The number of halogens is 2. The van der Waals surface area contributed by atoms with E-state index in [0.29, 0.717) is 21.3 Å². The fourth-order valence-corrected chi connectivity index (χ4v) is 4.51. The zero-order chi connectivity index (χ0) is 20.3. The molecule has 0 unspecified atom stereocenters. The summed E-state index contributed by atoms with van der Waals surface area (Å²) in [4.78, 5) is 23.8. The van der Waals surface area contributed by atoms with Gasteiger partial charge in [0.25, 0.3) is 0 Å². The second-order valence-corrected chi connectivity index (χ2v) is 8.94. The first-order chi connectivity index (χ1) is 13.3. The molecule has 0 saturated carbocycles. The number of piperazine rings is 1. The topological polar surface area (TPSA) is 95.6 Å². The van der Waals surface area contributed by atoms with E-state index in [1.165, 1.54) is 18.2 Å². The minimum atomic E-state index is -3.83. The van der Waals surface area contributed by atoms with Gasteiger partial charge >= 0.3 is 0 Å². The summed E-state index contributed by atoms with van der Waals surface area (Å²) in [5.74, 6) is -0.675. The highest BCUT2D eigenvalue weighted by Gasteiger charge is 2.29. The van der Waals surface area contributed by atoms with Crippen LogP contribution in [0.3, 0.4) is 0 Å². The van der Waals surface area contributed by atoms with Gasteiger partial charge in [0.15, 0.2) is 0 Å². The van der Waals surface area contributed by atoms with Crippen LogP contribution in [0.15, 0.2) is 47.4 Å². The van der Waals surface area contributed by atoms with Crippen molar-refractivity contribution < 1.29 is 18.0 Å². The van der Waals surface area contributed by atoms with E-state index >= 15 is 0 Å². The molecule has 2 N–H and O–H groups in total. The number of hydrogen-bond donors (Lipinski definition) is 2. The summed E-state index contributed by atoms with van der Waals surface area (Å²) in [6.07, 6.45) is 0.0557. The van der Waals surface area contributed by atoms with Crippen molar-refractivity contribution in [3.8, 4) is 0 Å². The molecule has 0 aliphatic carbocycles. The van der Waals surface area contributed by atoms with Gasteiger partial charge in [0.1, 0.15) is 0 Å². The fraction of sp³-hybridized carbons (Fsp3) is 0.222. The molecule has 0 bridgehead atoms. The number of anilines is 1. The maximum Gasteiger partial charge on any atom is 0.243 e. The zero-order valence-corrected chi connectivity index (χ0v) is 16.9. The standard InChI is InChI=1S/C18H17Cl2N3O4S/c19-15-5-4-12(8-16(15)20)9-17(24)22-13-2-1-3-14(10-13)28(26,27)23-7-6-21-18(25)11-23/h1-5,8,10H,6-7,9,11H2,(H,21,25)(H,22,24). The quantitative estimate of drug-likeness (QED) is 0.743. The van der Waals surface area contributed by atoms with Crippen LogP contribution in [-0.2, 0) is 26.0 Å². The first-order valence-electron chi connectivity index (χ1n) is 8.36. The maximum atomic E-state index is 12.7. The molecule has 0 spiro atoms. The van der Waals surface area contributed by atoms with Crippen molar-refractivity contribution in [2.45, 2.75) is 11.3 Å². The molecule has 2 amide bonds. The Morgan fingerprint density at radius 2 is 1.93 bits per heavy atom. The van der Waals surface area contributed by atoms with Gasteiger partial charge in [0.05, 0.1) is 27.9 Å². The summed E-state index contributed by atoms with van der Waals surface area (Å²) in [5.41, 5.74) is 1.02. The Bertz CT molecular complexity index is 1030. The van der Waals surface area contributed by atoms with E-state index in [1.54, 1.807) is 24.3 Å². The van der Waals surface area contributed by atoms with Gasteiger partial charge in [-0.2, -0.15) is 4.31 Å². The molecule has 7 nitrogen and oxygen atoms in total. The van der Waals surface area contributed by atoms with Crippen LogP contribution >= 0.6 is 23.2 Å². The van der Waals surface area contributed by atoms with Crippen LogP contribution in [0.5, 0.6) is 0 Å². The first kappa shape index (κ1) is 20.6.